The van der Waals surface area contributed by atoms with Crippen LogP contribution in [0.2, 0.25) is 0 Å². The van der Waals surface area contributed by atoms with E-state index in [1.165, 1.54) is 51.4 Å². The van der Waals surface area contributed by atoms with Crippen molar-refractivity contribution in [1.82, 2.24) is 0 Å². The van der Waals surface area contributed by atoms with Crippen molar-refractivity contribution in [2.45, 2.75) is 63.4 Å². The second-order valence-corrected chi connectivity index (χ2v) is 6.02. The van der Waals surface area contributed by atoms with E-state index in [1.807, 2.05) is 0 Å². The van der Waals surface area contributed by atoms with Crippen molar-refractivity contribution in [1.29, 1.82) is 0 Å². The molecule has 1 N–H and O–H groups in total. The highest BCUT2D eigenvalue weighted by atomic mass is 16.3. The molecule has 1 heteroatoms. The van der Waals surface area contributed by atoms with Crippen molar-refractivity contribution in [2.75, 3.05) is 0 Å². The van der Waals surface area contributed by atoms with Gasteiger partial charge in [-0.1, -0.05) is 31.4 Å². The molecule has 0 amide bonds. The zero-order chi connectivity index (χ0) is 10.4. The van der Waals surface area contributed by atoms with Crippen LogP contribution in [0.15, 0.2) is 12.2 Å². The Morgan fingerprint density at radius 3 is 2.07 bits per heavy atom. The Labute approximate surface area is 92.6 Å². The Kier molecular flexibility index (Phi) is 2.21. The predicted octanol–water partition coefficient (Wildman–Crippen LogP) is 3.43. The van der Waals surface area contributed by atoms with Crippen LogP contribution in [0.3, 0.4) is 0 Å². The van der Waals surface area contributed by atoms with Crippen LogP contribution in [0.5, 0.6) is 0 Å². The van der Waals surface area contributed by atoms with E-state index in [1.54, 1.807) is 0 Å². The molecule has 0 bridgehead atoms. The fourth-order valence-electron chi connectivity index (χ4n) is 3.68. The minimum atomic E-state index is -0.425. The summed E-state index contributed by atoms with van der Waals surface area (Å²) < 4.78 is 0. The molecule has 1 unspecified atom stereocenters. The summed E-state index contributed by atoms with van der Waals surface area (Å²) in [4.78, 5) is 0. The van der Waals surface area contributed by atoms with Crippen LogP contribution in [-0.2, 0) is 0 Å². The van der Waals surface area contributed by atoms with Gasteiger partial charge in [-0.25, -0.2) is 0 Å². The largest absolute Gasteiger partial charge is 0.386 e. The van der Waals surface area contributed by atoms with E-state index in [2.05, 4.69) is 12.2 Å². The first kappa shape index (κ1) is 9.89. The molecule has 1 atom stereocenters. The molecular formula is C14H22O. The van der Waals surface area contributed by atoms with E-state index in [-0.39, 0.29) is 0 Å². The quantitative estimate of drug-likeness (QED) is 0.652. The summed E-state index contributed by atoms with van der Waals surface area (Å²) in [5.74, 6) is 0.576. The fraction of sp³-hybridized carbons (Fsp3) is 0.857. The highest BCUT2D eigenvalue weighted by molar-refractivity contribution is 5.17. The van der Waals surface area contributed by atoms with Crippen LogP contribution in [-0.4, -0.2) is 10.7 Å². The summed E-state index contributed by atoms with van der Waals surface area (Å²) >= 11 is 0. The van der Waals surface area contributed by atoms with E-state index < -0.39 is 5.60 Å². The van der Waals surface area contributed by atoms with Crippen LogP contribution in [0, 0.1) is 11.3 Å². The van der Waals surface area contributed by atoms with Gasteiger partial charge in [-0.2, -0.15) is 0 Å². The lowest BCUT2D eigenvalue weighted by molar-refractivity contribution is -0.0299. The Morgan fingerprint density at radius 2 is 1.60 bits per heavy atom. The van der Waals surface area contributed by atoms with Gasteiger partial charge >= 0.3 is 0 Å². The maximum atomic E-state index is 10.5. The average Bonchev–Trinajstić information content (AvgIpc) is 2.57. The van der Waals surface area contributed by atoms with Gasteiger partial charge in [0, 0.05) is 0 Å². The molecule has 0 aromatic rings. The minimum Gasteiger partial charge on any atom is -0.386 e. The highest BCUT2D eigenvalue weighted by Gasteiger charge is 2.44. The third-order valence-electron chi connectivity index (χ3n) is 5.16. The van der Waals surface area contributed by atoms with E-state index >= 15 is 0 Å². The lowest BCUT2D eigenvalue weighted by Gasteiger charge is -2.44. The third-order valence-corrected chi connectivity index (χ3v) is 5.16. The number of allylic oxidation sites excluding steroid dienone is 1. The number of aliphatic hydroxyl groups is 1. The molecule has 0 aromatic heterocycles. The molecule has 0 saturated heterocycles. The summed E-state index contributed by atoms with van der Waals surface area (Å²) in [5.41, 5.74) is 0.0715. The summed E-state index contributed by atoms with van der Waals surface area (Å²) in [7, 11) is 0. The van der Waals surface area contributed by atoms with Crippen molar-refractivity contribution >= 4 is 0 Å². The van der Waals surface area contributed by atoms with Gasteiger partial charge in [0.15, 0.2) is 0 Å². The first-order valence-electron chi connectivity index (χ1n) is 6.65. The molecule has 1 spiro atoms. The van der Waals surface area contributed by atoms with Crippen LogP contribution in [0.4, 0.5) is 0 Å². The van der Waals surface area contributed by atoms with Crippen LogP contribution in [0.25, 0.3) is 0 Å². The SMILES string of the molecule is OC1(C2CCC2)C=CC2(CCCC2)CC1. The molecule has 3 aliphatic rings. The monoisotopic (exact) mass is 206 g/mol. The van der Waals surface area contributed by atoms with Crippen molar-refractivity contribution < 1.29 is 5.11 Å². The van der Waals surface area contributed by atoms with E-state index in [0.717, 1.165) is 6.42 Å². The Hall–Kier alpha value is -0.300. The molecule has 0 radical (unpaired) electrons. The molecule has 3 aliphatic carbocycles. The van der Waals surface area contributed by atoms with Crippen molar-refractivity contribution in [2.24, 2.45) is 11.3 Å². The molecule has 84 valence electrons. The standard InChI is InChI=1S/C14H22O/c15-14(12-4-3-5-12)10-8-13(9-11-14)6-1-2-7-13/h8,10,12,15H,1-7,9,11H2. The van der Waals surface area contributed by atoms with Gasteiger partial charge in [-0.3, -0.25) is 0 Å². The topological polar surface area (TPSA) is 20.2 Å². The van der Waals surface area contributed by atoms with Crippen molar-refractivity contribution in [3.05, 3.63) is 12.2 Å². The van der Waals surface area contributed by atoms with Crippen molar-refractivity contribution in [3.63, 3.8) is 0 Å². The maximum absolute atomic E-state index is 10.5. The van der Waals surface area contributed by atoms with Gasteiger partial charge in [0.05, 0.1) is 5.60 Å². The molecule has 15 heavy (non-hydrogen) atoms. The first-order valence-corrected chi connectivity index (χ1v) is 6.65. The summed E-state index contributed by atoms with van der Waals surface area (Å²) in [6.07, 6.45) is 16.1. The third kappa shape index (κ3) is 1.56. The second kappa shape index (κ2) is 3.35. The first-order chi connectivity index (χ1) is 7.23. The van der Waals surface area contributed by atoms with Crippen LogP contribution in [0.1, 0.15) is 57.8 Å². The van der Waals surface area contributed by atoms with Gasteiger partial charge in [-0.15, -0.1) is 0 Å². The van der Waals surface area contributed by atoms with Gasteiger partial charge in [0.2, 0.25) is 0 Å². The van der Waals surface area contributed by atoms with Gasteiger partial charge in [0.1, 0.15) is 0 Å². The molecule has 0 aromatic carbocycles. The molecule has 1 nitrogen and oxygen atoms in total. The zero-order valence-electron chi connectivity index (χ0n) is 9.54. The Morgan fingerprint density at radius 1 is 0.867 bits per heavy atom. The van der Waals surface area contributed by atoms with Crippen LogP contribution >= 0.6 is 0 Å². The lowest BCUT2D eigenvalue weighted by atomic mass is 9.64. The normalized spacial score (nSPS) is 39.5. The molecular weight excluding hydrogens is 184 g/mol. The Balaban J connectivity index is 1.75. The molecule has 0 aliphatic heterocycles. The highest BCUT2D eigenvalue weighted by Crippen LogP contribution is 2.51. The summed E-state index contributed by atoms with van der Waals surface area (Å²) in [6.45, 7) is 0. The average molecular weight is 206 g/mol. The number of hydrogen-bond acceptors (Lipinski definition) is 1. The maximum Gasteiger partial charge on any atom is 0.0856 e. The number of hydrogen-bond donors (Lipinski definition) is 1. The molecule has 2 saturated carbocycles. The molecule has 2 fully saturated rings. The summed E-state index contributed by atoms with van der Waals surface area (Å²) in [6, 6.07) is 0. The van der Waals surface area contributed by atoms with Gasteiger partial charge < -0.3 is 5.11 Å². The van der Waals surface area contributed by atoms with Crippen molar-refractivity contribution in [3.8, 4) is 0 Å². The molecule has 3 rings (SSSR count). The second-order valence-electron chi connectivity index (χ2n) is 6.02. The Bertz CT molecular complexity index is 271. The number of rotatable bonds is 1. The van der Waals surface area contributed by atoms with E-state index in [9.17, 15) is 5.11 Å². The summed E-state index contributed by atoms with van der Waals surface area (Å²) in [5, 5.41) is 10.5. The molecule has 0 heterocycles. The van der Waals surface area contributed by atoms with Crippen LogP contribution < -0.4 is 0 Å². The van der Waals surface area contributed by atoms with Gasteiger partial charge in [0.25, 0.3) is 0 Å². The minimum absolute atomic E-state index is 0.425. The smallest absolute Gasteiger partial charge is 0.0856 e. The van der Waals surface area contributed by atoms with Gasteiger partial charge in [-0.05, 0) is 49.9 Å². The predicted molar refractivity (Wildman–Crippen MR) is 61.6 cm³/mol. The lowest BCUT2D eigenvalue weighted by Crippen LogP contribution is -2.43. The fourth-order valence-corrected chi connectivity index (χ4v) is 3.68. The zero-order valence-corrected chi connectivity index (χ0v) is 9.54. The van der Waals surface area contributed by atoms with E-state index in [0.29, 0.717) is 11.3 Å². The van der Waals surface area contributed by atoms with E-state index in [4.69, 9.17) is 0 Å².